The maximum atomic E-state index is 9.90. The van der Waals surface area contributed by atoms with Crippen LogP contribution in [0.25, 0.3) is 6.08 Å². The van der Waals surface area contributed by atoms with Crippen LogP contribution in [0.2, 0.25) is 0 Å². The Morgan fingerprint density at radius 1 is 1.43 bits per heavy atom. The van der Waals surface area contributed by atoms with Gasteiger partial charge in [0, 0.05) is 6.42 Å². The van der Waals surface area contributed by atoms with Gasteiger partial charge in [0.25, 0.3) is 0 Å². The van der Waals surface area contributed by atoms with Gasteiger partial charge >= 0.3 is 0 Å². The van der Waals surface area contributed by atoms with Crippen LogP contribution in [0.5, 0.6) is 5.75 Å². The molecule has 2 nitrogen and oxygen atoms in total. The number of phenols is 1. The molecule has 0 saturated carbocycles. The quantitative estimate of drug-likeness (QED) is 0.723. The molecule has 0 aliphatic heterocycles. The Bertz CT molecular complexity index is 316. The molecular formula is C12H13O2. The zero-order valence-corrected chi connectivity index (χ0v) is 7.94. The molecular weight excluding hydrogens is 176 g/mol. The van der Waals surface area contributed by atoms with E-state index in [1.165, 1.54) is 0 Å². The molecule has 1 aromatic rings. The van der Waals surface area contributed by atoms with Gasteiger partial charge in [-0.15, -0.1) is 0 Å². The van der Waals surface area contributed by atoms with Gasteiger partial charge in [-0.3, -0.25) is 4.79 Å². The lowest BCUT2D eigenvalue weighted by Crippen LogP contribution is -1.74. The Hall–Kier alpha value is -1.57. The van der Waals surface area contributed by atoms with Crippen LogP contribution in [0, 0.1) is 0 Å². The highest BCUT2D eigenvalue weighted by Crippen LogP contribution is 2.12. The minimum absolute atomic E-state index is 0.272. The molecule has 0 aliphatic rings. The topological polar surface area (TPSA) is 37.3 Å². The fourth-order valence-electron chi connectivity index (χ4n) is 1.14. The molecule has 0 amide bonds. The number of allylic oxidation sites excluding steroid dienone is 1. The fourth-order valence-corrected chi connectivity index (χ4v) is 1.14. The first-order valence-corrected chi connectivity index (χ1v) is 4.63. The molecule has 0 saturated heterocycles. The van der Waals surface area contributed by atoms with Crippen molar-refractivity contribution in [3.63, 3.8) is 0 Å². The second kappa shape index (κ2) is 5.97. The summed E-state index contributed by atoms with van der Waals surface area (Å²) in [4.78, 5) is 9.90. The Balaban J connectivity index is 2.39. The highest BCUT2D eigenvalue weighted by molar-refractivity contribution is 5.52. The molecule has 0 heterocycles. The van der Waals surface area contributed by atoms with Gasteiger partial charge in [0.05, 0.1) is 0 Å². The number of carbonyl (C=O) groups excluding carboxylic acids is 1. The molecule has 14 heavy (non-hydrogen) atoms. The van der Waals surface area contributed by atoms with Gasteiger partial charge in [-0.05, 0) is 30.5 Å². The number of benzene rings is 1. The van der Waals surface area contributed by atoms with E-state index in [0.717, 1.165) is 18.4 Å². The first-order valence-electron chi connectivity index (χ1n) is 4.63. The fraction of sp³-hybridized carbons (Fsp3) is 0.250. The lowest BCUT2D eigenvalue weighted by atomic mass is 10.1. The summed E-state index contributed by atoms with van der Waals surface area (Å²) in [5.41, 5.74) is 0.972. The van der Waals surface area contributed by atoms with Crippen LogP contribution in [0.3, 0.4) is 0 Å². The molecule has 0 bridgehead atoms. The number of unbranched alkanes of at least 4 members (excludes halogenated alkanes) is 2. The molecule has 0 spiro atoms. The molecule has 2 heteroatoms. The lowest BCUT2D eigenvalue weighted by Gasteiger charge is -1.94. The summed E-state index contributed by atoms with van der Waals surface area (Å²) in [5.74, 6) is 0.272. The summed E-state index contributed by atoms with van der Waals surface area (Å²) >= 11 is 0. The highest BCUT2D eigenvalue weighted by Gasteiger charge is 1.88. The van der Waals surface area contributed by atoms with Crippen molar-refractivity contribution in [2.24, 2.45) is 0 Å². The van der Waals surface area contributed by atoms with Gasteiger partial charge < -0.3 is 5.11 Å². The minimum atomic E-state index is 0.272. The summed E-state index contributed by atoms with van der Waals surface area (Å²) < 4.78 is 0. The Morgan fingerprint density at radius 3 is 3.00 bits per heavy atom. The third kappa shape index (κ3) is 3.90. The average Bonchev–Trinajstić information content (AvgIpc) is 2.18. The third-order valence-corrected chi connectivity index (χ3v) is 1.83. The van der Waals surface area contributed by atoms with Crippen molar-refractivity contribution in [1.29, 1.82) is 0 Å². The number of rotatable bonds is 5. The molecule has 0 aliphatic carbocycles. The average molecular weight is 189 g/mol. The third-order valence-electron chi connectivity index (χ3n) is 1.83. The van der Waals surface area contributed by atoms with Gasteiger partial charge in [-0.2, -0.15) is 0 Å². The summed E-state index contributed by atoms with van der Waals surface area (Å²) in [6, 6.07) is 7.05. The summed E-state index contributed by atoms with van der Waals surface area (Å²) in [6.45, 7) is 0. The van der Waals surface area contributed by atoms with E-state index in [2.05, 4.69) is 0 Å². The number of hydrogen-bond donors (Lipinski definition) is 1. The van der Waals surface area contributed by atoms with Crippen LogP contribution in [0.15, 0.2) is 30.3 Å². The van der Waals surface area contributed by atoms with Gasteiger partial charge in [0.15, 0.2) is 6.29 Å². The smallest absolute Gasteiger partial charge is 0.198 e. The summed E-state index contributed by atoms with van der Waals surface area (Å²) in [6.07, 6.45) is 7.97. The van der Waals surface area contributed by atoms with Crippen molar-refractivity contribution in [3.05, 3.63) is 35.9 Å². The summed E-state index contributed by atoms with van der Waals surface area (Å²) in [7, 11) is 0. The lowest BCUT2D eigenvalue weighted by molar-refractivity contribution is 0.475. The molecule has 1 N–H and O–H groups in total. The van der Waals surface area contributed by atoms with Gasteiger partial charge in [-0.1, -0.05) is 24.3 Å². The van der Waals surface area contributed by atoms with Crippen LogP contribution in [0.1, 0.15) is 24.8 Å². The standard InChI is InChI=1S/C12H13O2/c13-9-4-2-1-3-6-11-7-5-8-12(14)10-11/h3,5-8,10,14H,1-2,4H2. The number of hydrogen-bond acceptors (Lipinski definition) is 2. The van der Waals surface area contributed by atoms with Gasteiger partial charge in [0.2, 0.25) is 0 Å². The molecule has 0 fully saturated rings. The SMILES string of the molecule is O=[C]CCCC=Cc1cccc(O)c1. The molecule has 73 valence electrons. The van der Waals surface area contributed by atoms with Crippen molar-refractivity contribution >= 4 is 12.4 Å². The molecule has 1 radical (unpaired) electrons. The Kier molecular flexibility index (Phi) is 4.48. The van der Waals surface area contributed by atoms with Crippen LogP contribution >= 0.6 is 0 Å². The molecule has 0 unspecified atom stereocenters. The van der Waals surface area contributed by atoms with Crippen molar-refractivity contribution in [2.75, 3.05) is 0 Å². The van der Waals surface area contributed by atoms with E-state index >= 15 is 0 Å². The second-order valence-corrected chi connectivity index (χ2v) is 3.03. The van der Waals surface area contributed by atoms with Gasteiger partial charge in [-0.25, -0.2) is 0 Å². The van der Waals surface area contributed by atoms with Crippen LogP contribution in [-0.4, -0.2) is 11.4 Å². The van der Waals surface area contributed by atoms with Crippen molar-refractivity contribution < 1.29 is 9.90 Å². The Labute approximate surface area is 83.9 Å². The van der Waals surface area contributed by atoms with Crippen molar-refractivity contribution in [1.82, 2.24) is 0 Å². The molecule has 0 aromatic heterocycles. The minimum Gasteiger partial charge on any atom is -0.508 e. The number of aromatic hydroxyl groups is 1. The maximum Gasteiger partial charge on any atom is 0.198 e. The van der Waals surface area contributed by atoms with E-state index in [1.807, 2.05) is 24.5 Å². The predicted octanol–water partition coefficient (Wildman–Crippen LogP) is 2.69. The molecule has 0 atom stereocenters. The normalized spacial score (nSPS) is 10.6. The monoisotopic (exact) mass is 189 g/mol. The zero-order valence-electron chi connectivity index (χ0n) is 7.94. The molecule has 1 aromatic carbocycles. The van der Waals surface area contributed by atoms with Crippen molar-refractivity contribution in [2.45, 2.75) is 19.3 Å². The zero-order chi connectivity index (χ0) is 10.2. The van der Waals surface area contributed by atoms with E-state index < -0.39 is 0 Å². The van der Waals surface area contributed by atoms with Gasteiger partial charge in [0.1, 0.15) is 5.75 Å². The van der Waals surface area contributed by atoms with Crippen LogP contribution < -0.4 is 0 Å². The highest BCUT2D eigenvalue weighted by atomic mass is 16.3. The Morgan fingerprint density at radius 2 is 2.29 bits per heavy atom. The van der Waals surface area contributed by atoms with Crippen molar-refractivity contribution in [3.8, 4) is 5.75 Å². The number of phenolic OH excluding ortho intramolecular Hbond substituents is 1. The molecule has 1 rings (SSSR count). The van der Waals surface area contributed by atoms with E-state index in [4.69, 9.17) is 5.11 Å². The van der Waals surface area contributed by atoms with Crippen LogP contribution in [0.4, 0.5) is 0 Å². The second-order valence-electron chi connectivity index (χ2n) is 3.03. The first kappa shape index (κ1) is 10.5. The van der Waals surface area contributed by atoms with E-state index in [9.17, 15) is 4.79 Å². The largest absolute Gasteiger partial charge is 0.508 e. The first-order chi connectivity index (χ1) is 6.83. The van der Waals surface area contributed by atoms with E-state index in [0.29, 0.717) is 6.42 Å². The summed E-state index contributed by atoms with van der Waals surface area (Å²) in [5, 5.41) is 9.17. The predicted molar refractivity (Wildman–Crippen MR) is 56.7 cm³/mol. The maximum absolute atomic E-state index is 9.90. The van der Waals surface area contributed by atoms with E-state index in [-0.39, 0.29) is 5.75 Å². The van der Waals surface area contributed by atoms with E-state index in [1.54, 1.807) is 18.2 Å². The van der Waals surface area contributed by atoms with Crippen LogP contribution in [-0.2, 0) is 4.79 Å².